The summed E-state index contributed by atoms with van der Waals surface area (Å²) in [5, 5.41) is 4.88. The second kappa shape index (κ2) is 4.35. The molecule has 2 aromatic rings. The van der Waals surface area contributed by atoms with Crippen LogP contribution in [0.5, 0.6) is 0 Å². The van der Waals surface area contributed by atoms with Crippen LogP contribution in [0.25, 0.3) is 0 Å². The van der Waals surface area contributed by atoms with E-state index in [2.05, 4.69) is 5.38 Å². The molecule has 0 saturated carbocycles. The minimum atomic E-state index is -0.0747. The van der Waals surface area contributed by atoms with Gasteiger partial charge in [-0.3, -0.25) is 0 Å². The van der Waals surface area contributed by atoms with Gasteiger partial charge in [-0.1, -0.05) is 23.7 Å². The van der Waals surface area contributed by atoms with Crippen molar-refractivity contribution in [1.82, 2.24) is 0 Å². The summed E-state index contributed by atoms with van der Waals surface area (Å²) in [6.45, 7) is 1.99. The van der Waals surface area contributed by atoms with E-state index in [-0.39, 0.29) is 6.04 Å². The Morgan fingerprint density at radius 1 is 1.27 bits per heavy atom. The van der Waals surface area contributed by atoms with E-state index in [1.165, 1.54) is 0 Å². The second-order valence-corrected chi connectivity index (χ2v) is 4.73. The third-order valence-corrected chi connectivity index (χ3v) is 3.57. The maximum atomic E-state index is 6.13. The standard InChI is InChI=1S/C12H12ClNS/c1-8-2-3-9(6-11(8)13)12(14)10-4-5-15-7-10/h2-7,12H,14H2,1H3/t12-/m1/s1. The lowest BCUT2D eigenvalue weighted by molar-refractivity contribution is 0.876. The van der Waals surface area contributed by atoms with Crippen molar-refractivity contribution in [3.63, 3.8) is 0 Å². The third kappa shape index (κ3) is 2.23. The van der Waals surface area contributed by atoms with Gasteiger partial charge in [0.15, 0.2) is 0 Å². The van der Waals surface area contributed by atoms with Gasteiger partial charge < -0.3 is 5.73 Å². The molecule has 0 unspecified atom stereocenters. The largest absolute Gasteiger partial charge is 0.320 e. The Balaban J connectivity index is 2.34. The predicted octanol–water partition coefficient (Wildman–Crippen LogP) is 3.76. The molecule has 0 aliphatic heterocycles. The molecule has 1 aromatic carbocycles. The van der Waals surface area contributed by atoms with E-state index in [0.717, 1.165) is 21.7 Å². The van der Waals surface area contributed by atoms with Gasteiger partial charge in [0.2, 0.25) is 0 Å². The van der Waals surface area contributed by atoms with Gasteiger partial charge >= 0.3 is 0 Å². The minimum absolute atomic E-state index is 0.0747. The van der Waals surface area contributed by atoms with Crippen molar-refractivity contribution in [3.8, 4) is 0 Å². The van der Waals surface area contributed by atoms with Crippen LogP contribution in [0.4, 0.5) is 0 Å². The predicted molar refractivity (Wildman–Crippen MR) is 66.5 cm³/mol. The van der Waals surface area contributed by atoms with Crippen molar-refractivity contribution >= 4 is 22.9 Å². The van der Waals surface area contributed by atoms with E-state index in [0.29, 0.717) is 0 Å². The van der Waals surface area contributed by atoms with E-state index < -0.39 is 0 Å². The monoisotopic (exact) mass is 237 g/mol. The number of rotatable bonds is 2. The lowest BCUT2D eigenvalue weighted by atomic mass is 10.0. The summed E-state index contributed by atoms with van der Waals surface area (Å²) in [5.41, 5.74) is 9.41. The van der Waals surface area contributed by atoms with E-state index in [1.54, 1.807) is 11.3 Å². The van der Waals surface area contributed by atoms with Gasteiger partial charge in [0, 0.05) is 5.02 Å². The topological polar surface area (TPSA) is 26.0 Å². The average Bonchev–Trinajstić information content (AvgIpc) is 2.74. The summed E-state index contributed by atoms with van der Waals surface area (Å²) in [5.74, 6) is 0. The van der Waals surface area contributed by atoms with Crippen LogP contribution >= 0.6 is 22.9 Å². The number of thiophene rings is 1. The number of hydrogen-bond donors (Lipinski definition) is 1. The fourth-order valence-electron chi connectivity index (χ4n) is 1.45. The lowest BCUT2D eigenvalue weighted by Gasteiger charge is -2.11. The molecule has 15 heavy (non-hydrogen) atoms. The molecule has 1 aromatic heterocycles. The highest BCUT2D eigenvalue weighted by molar-refractivity contribution is 7.08. The Labute approximate surface area is 98.5 Å². The summed E-state index contributed by atoms with van der Waals surface area (Å²) >= 11 is 7.72. The van der Waals surface area contributed by atoms with Gasteiger partial charge in [-0.15, -0.1) is 0 Å². The maximum Gasteiger partial charge on any atom is 0.0560 e. The first-order valence-electron chi connectivity index (χ1n) is 4.72. The minimum Gasteiger partial charge on any atom is -0.320 e. The van der Waals surface area contributed by atoms with Crippen LogP contribution < -0.4 is 5.73 Å². The van der Waals surface area contributed by atoms with Gasteiger partial charge in [-0.05, 0) is 46.5 Å². The highest BCUT2D eigenvalue weighted by Gasteiger charge is 2.09. The Morgan fingerprint density at radius 2 is 2.07 bits per heavy atom. The van der Waals surface area contributed by atoms with Crippen molar-refractivity contribution in [2.24, 2.45) is 5.73 Å². The first-order chi connectivity index (χ1) is 7.18. The Kier molecular flexibility index (Phi) is 3.10. The van der Waals surface area contributed by atoms with Crippen LogP contribution in [-0.4, -0.2) is 0 Å². The molecule has 0 bridgehead atoms. The first-order valence-corrected chi connectivity index (χ1v) is 6.04. The fraction of sp³-hybridized carbons (Fsp3) is 0.167. The molecular weight excluding hydrogens is 226 g/mol. The highest BCUT2D eigenvalue weighted by atomic mass is 35.5. The summed E-state index contributed by atoms with van der Waals surface area (Å²) in [7, 11) is 0. The average molecular weight is 238 g/mol. The van der Waals surface area contributed by atoms with Crippen LogP contribution in [0.15, 0.2) is 35.0 Å². The van der Waals surface area contributed by atoms with Crippen LogP contribution in [0.1, 0.15) is 22.7 Å². The molecular formula is C12H12ClNS. The van der Waals surface area contributed by atoms with Crippen LogP contribution in [-0.2, 0) is 0 Å². The van der Waals surface area contributed by atoms with Crippen LogP contribution in [0.2, 0.25) is 5.02 Å². The zero-order valence-corrected chi connectivity index (χ0v) is 9.98. The molecule has 0 spiro atoms. The van der Waals surface area contributed by atoms with Crippen LogP contribution in [0.3, 0.4) is 0 Å². The number of halogens is 1. The van der Waals surface area contributed by atoms with Crippen molar-refractivity contribution in [2.75, 3.05) is 0 Å². The van der Waals surface area contributed by atoms with E-state index >= 15 is 0 Å². The van der Waals surface area contributed by atoms with Crippen molar-refractivity contribution in [2.45, 2.75) is 13.0 Å². The normalized spacial score (nSPS) is 12.7. The fourth-order valence-corrected chi connectivity index (χ4v) is 2.33. The zero-order valence-electron chi connectivity index (χ0n) is 8.41. The number of hydrogen-bond acceptors (Lipinski definition) is 2. The van der Waals surface area contributed by atoms with Gasteiger partial charge in [0.1, 0.15) is 0 Å². The molecule has 0 radical (unpaired) electrons. The molecule has 0 aliphatic carbocycles. The van der Waals surface area contributed by atoms with E-state index in [9.17, 15) is 0 Å². The van der Waals surface area contributed by atoms with Gasteiger partial charge in [0.25, 0.3) is 0 Å². The SMILES string of the molecule is Cc1ccc([C@@H](N)c2ccsc2)cc1Cl. The molecule has 0 aliphatic rings. The van der Waals surface area contributed by atoms with Crippen molar-refractivity contribution in [3.05, 3.63) is 56.7 Å². The lowest BCUT2D eigenvalue weighted by Crippen LogP contribution is -2.10. The molecule has 1 nitrogen and oxygen atoms in total. The van der Waals surface area contributed by atoms with Gasteiger partial charge in [-0.2, -0.15) is 11.3 Å². The number of nitrogens with two attached hydrogens (primary N) is 1. The second-order valence-electron chi connectivity index (χ2n) is 3.54. The van der Waals surface area contributed by atoms with E-state index in [4.69, 9.17) is 17.3 Å². The zero-order chi connectivity index (χ0) is 10.8. The molecule has 2 rings (SSSR count). The maximum absolute atomic E-state index is 6.13. The molecule has 2 N–H and O–H groups in total. The molecule has 78 valence electrons. The smallest absolute Gasteiger partial charge is 0.0560 e. The molecule has 0 saturated heterocycles. The third-order valence-electron chi connectivity index (χ3n) is 2.46. The molecule has 0 amide bonds. The summed E-state index contributed by atoms with van der Waals surface area (Å²) in [4.78, 5) is 0. The molecule has 1 atom stereocenters. The first kappa shape index (κ1) is 10.7. The Hall–Kier alpha value is -0.830. The number of aryl methyl sites for hydroxylation is 1. The van der Waals surface area contributed by atoms with Crippen molar-refractivity contribution in [1.29, 1.82) is 0 Å². The Morgan fingerprint density at radius 3 is 2.67 bits per heavy atom. The summed E-state index contributed by atoms with van der Waals surface area (Å²) < 4.78 is 0. The van der Waals surface area contributed by atoms with Gasteiger partial charge in [-0.25, -0.2) is 0 Å². The van der Waals surface area contributed by atoms with Gasteiger partial charge in [0.05, 0.1) is 6.04 Å². The Bertz CT molecular complexity index is 451. The molecule has 3 heteroatoms. The summed E-state index contributed by atoms with van der Waals surface area (Å²) in [6, 6.07) is 7.95. The van der Waals surface area contributed by atoms with Crippen molar-refractivity contribution < 1.29 is 0 Å². The number of benzene rings is 1. The van der Waals surface area contributed by atoms with Crippen LogP contribution in [0, 0.1) is 6.92 Å². The summed E-state index contributed by atoms with van der Waals surface area (Å²) in [6.07, 6.45) is 0. The quantitative estimate of drug-likeness (QED) is 0.846. The van der Waals surface area contributed by atoms with E-state index in [1.807, 2.05) is 36.6 Å². The highest BCUT2D eigenvalue weighted by Crippen LogP contribution is 2.25. The molecule has 1 heterocycles. The molecule has 0 fully saturated rings.